The molecule has 3 aromatic rings. The molecule has 9 heteroatoms. The Kier molecular flexibility index (Phi) is 5.50. The molecule has 0 radical (unpaired) electrons. The topological polar surface area (TPSA) is 85.2 Å². The van der Waals surface area contributed by atoms with Crippen LogP contribution in [-0.2, 0) is 11.3 Å². The summed E-state index contributed by atoms with van der Waals surface area (Å²) in [4.78, 5) is 14.4. The smallest absolute Gasteiger partial charge is 0.255 e. The maximum Gasteiger partial charge on any atom is 0.255 e. The third kappa shape index (κ3) is 3.97. The van der Waals surface area contributed by atoms with Crippen molar-refractivity contribution in [1.82, 2.24) is 25.1 Å². The van der Waals surface area contributed by atoms with E-state index in [2.05, 4.69) is 20.8 Å². The van der Waals surface area contributed by atoms with Crippen LogP contribution in [0.3, 0.4) is 0 Å². The zero-order valence-electron chi connectivity index (χ0n) is 15.1. The Bertz CT molecular complexity index is 956. The van der Waals surface area contributed by atoms with Crippen LogP contribution in [-0.4, -0.2) is 57.3 Å². The van der Waals surface area contributed by atoms with Crippen molar-refractivity contribution in [2.75, 3.05) is 31.6 Å². The van der Waals surface area contributed by atoms with Crippen molar-refractivity contribution < 1.29 is 9.53 Å². The van der Waals surface area contributed by atoms with Gasteiger partial charge >= 0.3 is 0 Å². The number of benzene rings is 2. The van der Waals surface area contributed by atoms with E-state index in [1.165, 1.54) is 0 Å². The van der Waals surface area contributed by atoms with Gasteiger partial charge < -0.3 is 15.0 Å². The van der Waals surface area contributed by atoms with Gasteiger partial charge in [-0.05, 0) is 40.8 Å². The zero-order chi connectivity index (χ0) is 19.3. The van der Waals surface area contributed by atoms with Crippen LogP contribution in [0.15, 0.2) is 48.5 Å². The van der Waals surface area contributed by atoms with E-state index in [1.54, 1.807) is 21.7 Å². The summed E-state index contributed by atoms with van der Waals surface area (Å²) in [5, 5.41) is 15.5. The number of amides is 1. The van der Waals surface area contributed by atoms with Gasteiger partial charge in [0.25, 0.3) is 5.91 Å². The lowest BCUT2D eigenvalue weighted by atomic mass is 10.1. The molecule has 2 aromatic carbocycles. The van der Waals surface area contributed by atoms with E-state index >= 15 is 0 Å². The highest BCUT2D eigenvalue weighted by Gasteiger charge is 2.20. The molecular weight excluding hydrogens is 380 g/mol. The van der Waals surface area contributed by atoms with Crippen molar-refractivity contribution in [2.45, 2.75) is 6.54 Å². The maximum atomic E-state index is 12.6. The van der Waals surface area contributed by atoms with Gasteiger partial charge in [-0.2, -0.15) is 4.68 Å². The number of ether oxygens (including phenoxy) is 1. The number of halogens is 1. The molecule has 28 heavy (non-hydrogen) atoms. The van der Waals surface area contributed by atoms with Gasteiger partial charge in [0.05, 0.1) is 36.0 Å². The number of morpholine rings is 1. The number of para-hydroxylation sites is 1. The molecule has 1 aromatic heterocycles. The maximum absolute atomic E-state index is 12.6. The van der Waals surface area contributed by atoms with E-state index in [0.29, 0.717) is 49.3 Å². The van der Waals surface area contributed by atoms with Crippen LogP contribution in [0.1, 0.15) is 16.2 Å². The molecule has 1 N–H and O–H groups in total. The summed E-state index contributed by atoms with van der Waals surface area (Å²) in [6.07, 6.45) is 0. The molecule has 0 atom stereocenters. The first-order valence-electron chi connectivity index (χ1n) is 8.95. The molecule has 8 nitrogen and oxygen atoms in total. The van der Waals surface area contributed by atoms with Crippen LogP contribution in [0.4, 0.5) is 5.69 Å². The van der Waals surface area contributed by atoms with E-state index in [4.69, 9.17) is 16.3 Å². The van der Waals surface area contributed by atoms with Gasteiger partial charge in [0, 0.05) is 18.8 Å². The summed E-state index contributed by atoms with van der Waals surface area (Å²) in [5.41, 5.74) is 2.16. The number of rotatable bonds is 5. The molecule has 4 rings (SSSR count). The molecule has 0 aliphatic carbocycles. The van der Waals surface area contributed by atoms with Crippen molar-refractivity contribution in [3.63, 3.8) is 0 Å². The van der Waals surface area contributed by atoms with Gasteiger partial charge in [-0.3, -0.25) is 4.79 Å². The normalized spacial score (nSPS) is 14.1. The molecule has 144 valence electrons. The number of aromatic nitrogens is 4. The fourth-order valence-corrected chi connectivity index (χ4v) is 3.26. The van der Waals surface area contributed by atoms with E-state index in [-0.39, 0.29) is 5.91 Å². The number of nitrogens with one attached hydrogen (secondary N) is 1. The second-order valence-electron chi connectivity index (χ2n) is 6.30. The molecule has 1 aliphatic rings. The second-order valence-corrected chi connectivity index (χ2v) is 6.70. The van der Waals surface area contributed by atoms with Crippen LogP contribution in [0.5, 0.6) is 0 Å². The molecule has 1 fully saturated rings. The second kappa shape index (κ2) is 8.37. The lowest BCUT2D eigenvalue weighted by molar-refractivity contribution is 0.0303. The zero-order valence-corrected chi connectivity index (χ0v) is 15.8. The summed E-state index contributed by atoms with van der Waals surface area (Å²) in [6, 6.07) is 15.0. The number of hydrogen-bond acceptors (Lipinski definition) is 6. The SMILES string of the molecule is O=C(c1ccc(NCc2nnnn2-c2ccccc2)cc1Cl)N1CCOCC1. The van der Waals surface area contributed by atoms with Gasteiger partial charge in [0.1, 0.15) is 0 Å². The van der Waals surface area contributed by atoms with Crippen LogP contribution in [0.25, 0.3) is 5.69 Å². The average Bonchev–Trinajstić information content (AvgIpc) is 3.22. The Morgan fingerprint density at radius 2 is 1.93 bits per heavy atom. The van der Waals surface area contributed by atoms with E-state index < -0.39 is 0 Å². The predicted octanol–water partition coefficient (Wildman–Crippen LogP) is 2.40. The Balaban J connectivity index is 1.45. The van der Waals surface area contributed by atoms with Crippen molar-refractivity contribution in [3.05, 3.63) is 64.9 Å². The first kappa shape index (κ1) is 18.4. The first-order valence-corrected chi connectivity index (χ1v) is 9.33. The summed E-state index contributed by atoms with van der Waals surface area (Å²) < 4.78 is 6.96. The van der Waals surface area contributed by atoms with Crippen LogP contribution in [0.2, 0.25) is 5.02 Å². The lowest BCUT2D eigenvalue weighted by Gasteiger charge is -2.27. The van der Waals surface area contributed by atoms with Crippen molar-refractivity contribution in [2.24, 2.45) is 0 Å². The number of carbonyl (C=O) groups is 1. The number of tetrazole rings is 1. The number of hydrogen-bond donors (Lipinski definition) is 1. The molecular formula is C19H19ClN6O2. The van der Waals surface area contributed by atoms with Gasteiger partial charge in [-0.25, -0.2) is 0 Å². The van der Waals surface area contributed by atoms with Gasteiger partial charge in [-0.15, -0.1) is 5.10 Å². The Morgan fingerprint density at radius 1 is 1.14 bits per heavy atom. The van der Waals surface area contributed by atoms with Gasteiger partial charge in [-0.1, -0.05) is 29.8 Å². The summed E-state index contributed by atoms with van der Waals surface area (Å²) >= 11 is 6.37. The van der Waals surface area contributed by atoms with Crippen LogP contribution in [0, 0.1) is 0 Å². The Hall–Kier alpha value is -2.97. The summed E-state index contributed by atoms with van der Waals surface area (Å²) in [7, 11) is 0. The van der Waals surface area contributed by atoms with E-state index in [9.17, 15) is 4.79 Å². The fourth-order valence-electron chi connectivity index (χ4n) is 3.00. The number of anilines is 1. The molecule has 1 aliphatic heterocycles. The molecule has 0 spiro atoms. The fraction of sp³-hybridized carbons (Fsp3) is 0.263. The molecule has 2 heterocycles. The molecule has 1 saturated heterocycles. The molecule has 0 unspecified atom stereocenters. The molecule has 0 saturated carbocycles. The minimum Gasteiger partial charge on any atom is -0.378 e. The highest BCUT2D eigenvalue weighted by atomic mass is 35.5. The lowest BCUT2D eigenvalue weighted by Crippen LogP contribution is -2.40. The Labute approximate surface area is 167 Å². The van der Waals surface area contributed by atoms with Crippen molar-refractivity contribution in [3.8, 4) is 5.69 Å². The van der Waals surface area contributed by atoms with Gasteiger partial charge in [0.2, 0.25) is 0 Å². The quantitative estimate of drug-likeness (QED) is 0.710. The molecule has 0 bridgehead atoms. The highest BCUT2D eigenvalue weighted by molar-refractivity contribution is 6.34. The van der Waals surface area contributed by atoms with Crippen molar-refractivity contribution in [1.29, 1.82) is 0 Å². The largest absolute Gasteiger partial charge is 0.378 e. The standard InChI is InChI=1S/C19H19ClN6O2/c20-17-12-14(6-7-16(17)19(27)25-8-10-28-11-9-25)21-13-18-22-23-24-26(18)15-4-2-1-3-5-15/h1-7,12,21H,8-11,13H2. The average molecular weight is 399 g/mol. The highest BCUT2D eigenvalue weighted by Crippen LogP contribution is 2.23. The van der Waals surface area contributed by atoms with E-state index in [1.807, 2.05) is 36.4 Å². The molecule has 1 amide bonds. The van der Waals surface area contributed by atoms with Crippen molar-refractivity contribution >= 4 is 23.2 Å². The van der Waals surface area contributed by atoms with E-state index in [0.717, 1.165) is 11.4 Å². The number of carbonyl (C=O) groups excluding carboxylic acids is 1. The minimum absolute atomic E-state index is 0.0760. The minimum atomic E-state index is -0.0760. The predicted molar refractivity (Wildman–Crippen MR) is 105 cm³/mol. The van der Waals surface area contributed by atoms with Crippen LogP contribution < -0.4 is 5.32 Å². The van der Waals surface area contributed by atoms with Gasteiger partial charge in [0.15, 0.2) is 5.82 Å². The van der Waals surface area contributed by atoms with Crippen LogP contribution >= 0.6 is 11.6 Å². The number of nitrogens with zero attached hydrogens (tertiary/aromatic N) is 5. The third-order valence-corrected chi connectivity index (χ3v) is 4.80. The Morgan fingerprint density at radius 3 is 2.68 bits per heavy atom. The first-order chi connectivity index (χ1) is 13.7. The summed E-state index contributed by atoms with van der Waals surface area (Å²) in [5.74, 6) is 0.587. The summed E-state index contributed by atoms with van der Waals surface area (Å²) in [6.45, 7) is 2.68. The third-order valence-electron chi connectivity index (χ3n) is 4.48. The monoisotopic (exact) mass is 398 g/mol.